The maximum absolute atomic E-state index is 12.2. The van der Waals surface area contributed by atoms with Crippen LogP contribution < -0.4 is 5.32 Å². The van der Waals surface area contributed by atoms with Crippen LogP contribution in [-0.4, -0.2) is 21.2 Å². The van der Waals surface area contributed by atoms with Crippen molar-refractivity contribution in [1.29, 1.82) is 0 Å². The summed E-state index contributed by atoms with van der Waals surface area (Å²) in [6, 6.07) is 8.16. The zero-order valence-electron chi connectivity index (χ0n) is 11.9. The quantitative estimate of drug-likeness (QED) is 0.809. The maximum Gasteiger partial charge on any atom is 0.195 e. The Morgan fingerprint density at radius 3 is 3.19 bits per heavy atom. The molecule has 0 amide bonds. The number of nitrogens with zero attached hydrogens (tertiary/aromatic N) is 2. The second kappa shape index (κ2) is 4.93. The van der Waals surface area contributed by atoms with Crippen LogP contribution in [0.3, 0.4) is 0 Å². The van der Waals surface area contributed by atoms with Gasteiger partial charge in [-0.2, -0.15) is 0 Å². The molecule has 0 saturated carbocycles. The van der Waals surface area contributed by atoms with E-state index >= 15 is 0 Å². The molecule has 1 N–H and O–H groups in total. The van der Waals surface area contributed by atoms with Crippen LogP contribution in [0.15, 0.2) is 24.3 Å². The van der Waals surface area contributed by atoms with E-state index in [4.69, 9.17) is 4.98 Å². The highest BCUT2D eigenvalue weighted by atomic mass is 32.1. The molecule has 0 spiro atoms. The van der Waals surface area contributed by atoms with Gasteiger partial charge in [-0.1, -0.05) is 30.4 Å². The minimum absolute atomic E-state index is 0.0450. The summed E-state index contributed by atoms with van der Waals surface area (Å²) in [7, 11) is 0. The number of carbonyl (C=O) groups excluding carboxylic acids is 1. The first-order chi connectivity index (χ1) is 10.3. The number of aromatic nitrogens is 2. The summed E-state index contributed by atoms with van der Waals surface area (Å²) < 4.78 is 2.24. The molecule has 0 fully saturated rings. The Kier molecular flexibility index (Phi) is 3.05. The average molecular weight is 299 g/mol. The van der Waals surface area contributed by atoms with Crippen molar-refractivity contribution in [1.82, 2.24) is 14.7 Å². The first kappa shape index (κ1) is 13.0. The van der Waals surface area contributed by atoms with Crippen molar-refractivity contribution in [3.8, 4) is 0 Å². The zero-order valence-corrected chi connectivity index (χ0v) is 12.7. The molecule has 0 saturated heterocycles. The molecule has 3 heterocycles. The minimum atomic E-state index is -0.0450. The summed E-state index contributed by atoms with van der Waals surface area (Å²) in [6.07, 6.45) is 2.34. The number of nitrogens with one attached hydrogen (secondary N) is 1. The fourth-order valence-electron chi connectivity index (χ4n) is 3.10. The molecule has 108 valence electrons. The van der Waals surface area contributed by atoms with E-state index in [9.17, 15) is 4.79 Å². The SMILES string of the molecule is CCCC(=O)C1Cc2c(sc3nc4ccccc4n23)CN1. The van der Waals surface area contributed by atoms with Crippen LogP contribution in [0.25, 0.3) is 16.0 Å². The van der Waals surface area contributed by atoms with Crippen LogP contribution in [-0.2, 0) is 17.8 Å². The third-order valence-corrected chi connectivity index (χ3v) is 5.21. The van der Waals surface area contributed by atoms with E-state index in [0.717, 1.165) is 35.4 Å². The number of benzene rings is 1. The maximum atomic E-state index is 12.2. The third kappa shape index (κ3) is 2.00. The number of thiazole rings is 1. The van der Waals surface area contributed by atoms with Gasteiger partial charge in [0.05, 0.1) is 17.1 Å². The van der Waals surface area contributed by atoms with E-state index in [1.54, 1.807) is 11.3 Å². The number of Topliss-reactive ketones (excluding diaryl/α,β-unsaturated/α-hetero) is 1. The van der Waals surface area contributed by atoms with E-state index in [2.05, 4.69) is 22.7 Å². The predicted octanol–water partition coefficient (Wildman–Crippen LogP) is 2.93. The Morgan fingerprint density at radius 1 is 1.48 bits per heavy atom. The molecule has 2 aromatic heterocycles. The van der Waals surface area contributed by atoms with Crippen LogP contribution in [0.1, 0.15) is 30.3 Å². The molecule has 0 bridgehead atoms. The van der Waals surface area contributed by atoms with E-state index in [-0.39, 0.29) is 6.04 Å². The topological polar surface area (TPSA) is 46.4 Å². The van der Waals surface area contributed by atoms with Crippen molar-refractivity contribution < 1.29 is 4.79 Å². The van der Waals surface area contributed by atoms with Gasteiger partial charge in [0.25, 0.3) is 0 Å². The molecule has 1 aromatic carbocycles. The third-order valence-electron chi connectivity index (χ3n) is 4.13. The van der Waals surface area contributed by atoms with Crippen molar-refractivity contribution in [3.63, 3.8) is 0 Å². The first-order valence-corrected chi connectivity index (χ1v) is 8.23. The Labute approximate surface area is 126 Å². The van der Waals surface area contributed by atoms with Gasteiger partial charge in [-0.15, -0.1) is 0 Å². The average Bonchev–Trinajstić information content (AvgIpc) is 3.02. The predicted molar refractivity (Wildman–Crippen MR) is 84.8 cm³/mol. The summed E-state index contributed by atoms with van der Waals surface area (Å²) >= 11 is 1.73. The molecule has 0 aliphatic carbocycles. The van der Waals surface area contributed by atoms with Gasteiger partial charge in [0, 0.05) is 30.0 Å². The summed E-state index contributed by atoms with van der Waals surface area (Å²) in [6.45, 7) is 2.83. The number of para-hydroxylation sites is 2. The van der Waals surface area contributed by atoms with Gasteiger partial charge in [0.15, 0.2) is 4.96 Å². The number of rotatable bonds is 3. The lowest BCUT2D eigenvalue weighted by Crippen LogP contribution is -2.41. The van der Waals surface area contributed by atoms with Crippen molar-refractivity contribution in [2.75, 3.05) is 0 Å². The van der Waals surface area contributed by atoms with Crippen LogP contribution in [0, 0.1) is 0 Å². The standard InChI is InChI=1S/C16H17N3OS/c1-2-5-14(20)11-8-13-15(9-17-11)21-16-18-10-6-3-4-7-12(10)19(13)16/h3-4,6-7,11,17H,2,5,8-9H2,1H3. The molecule has 1 atom stereocenters. The molecule has 1 aliphatic rings. The van der Waals surface area contributed by atoms with Gasteiger partial charge < -0.3 is 5.32 Å². The van der Waals surface area contributed by atoms with Crippen LogP contribution in [0.2, 0.25) is 0 Å². The fraction of sp³-hybridized carbons (Fsp3) is 0.375. The summed E-state index contributed by atoms with van der Waals surface area (Å²) in [5.41, 5.74) is 3.44. The molecule has 1 aliphatic heterocycles. The lowest BCUT2D eigenvalue weighted by Gasteiger charge is -2.22. The number of carbonyl (C=O) groups is 1. The fourth-order valence-corrected chi connectivity index (χ4v) is 4.21. The van der Waals surface area contributed by atoms with Gasteiger partial charge in [-0.3, -0.25) is 9.20 Å². The highest BCUT2D eigenvalue weighted by molar-refractivity contribution is 7.17. The molecule has 4 nitrogen and oxygen atoms in total. The van der Waals surface area contributed by atoms with Crippen molar-refractivity contribution in [3.05, 3.63) is 34.8 Å². The lowest BCUT2D eigenvalue weighted by molar-refractivity contribution is -0.121. The lowest BCUT2D eigenvalue weighted by atomic mass is 9.99. The van der Waals surface area contributed by atoms with Gasteiger partial charge in [0.1, 0.15) is 5.78 Å². The van der Waals surface area contributed by atoms with Crippen LogP contribution in [0.5, 0.6) is 0 Å². The number of ketones is 1. The normalized spacial score (nSPS) is 18.2. The largest absolute Gasteiger partial charge is 0.302 e. The monoisotopic (exact) mass is 299 g/mol. The molecule has 1 unspecified atom stereocenters. The zero-order chi connectivity index (χ0) is 14.4. The van der Waals surface area contributed by atoms with Gasteiger partial charge >= 0.3 is 0 Å². The summed E-state index contributed by atoms with van der Waals surface area (Å²) in [5, 5.41) is 3.38. The molecular formula is C16H17N3OS. The van der Waals surface area contributed by atoms with Crippen LogP contribution in [0.4, 0.5) is 0 Å². The Balaban J connectivity index is 1.82. The van der Waals surface area contributed by atoms with E-state index < -0.39 is 0 Å². The molecule has 21 heavy (non-hydrogen) atoms. The highest BCUT2D eigenvalue weighted by Gasteiger charge is 2.27. The number of hydrogen-bond acceptors (Lipinski definition) is 4. The van der Waals surface area contributed by atoms with E-state index in [0.29, 0.717) is 12.2 Å². The van der Waals surface area contributed by atoms with Crippen molar-refractivity contribution in [2.24, 2.45) is 0 Å². The van der Waals surface area contributed by atoms with E-state index in [1.165, 1.54) is 10.6 Å². The number of imidazole rings is 1. The van der Waals surface area contributed by atoms with E-state index in [1.807, 2.05) is 18.2 Å². The van der Waals surface area contributed by atoms with Crippen molar-refractivity contribution in [2.45, 2.75) is 38.8 Å². The van der Waals surface area contributed by atoms with Crippen molar-refractivity contribution >= 4 is 33.1 Å². The Bertz CT molecular complexity index is 833. The minimum Gasteiger partial charge on any atom is -0.302 e. The summed E-state index contributed by atoms with van der Waals surface area (Å²) in [4.78, 5) is 19.2. The molecule has 5 heteroatoms. The second-order valence-electron chi connectivity index (χ2n) is 5.54. The van der Waals surface area contributed by atoms with Gasteiger partial charge in [0.2, 0.25) is 0 Å². The molecule has 4 rings (SSSR count). The molecular weight excluding hydrogens is 282 g/mol. The number of hydrogen-bond donors (Lipinski definition) is 1. The van der Waals surface area contributed by atoms with Gasteiger partial charge in [-0.25, -0.2) is 4.98 Å². The van der Waals surface area contributed by atoms with Crippen LogP contribution >= 0.6 is 11.3 Å². The highest BCUT2D eigenvalue weighted by Crippen LogP contribution is 2.31. The second-order valence-corrected chi connectivity index (χ2v) is 6.61. The Morgan fingerprint density at radius 2 is 2.33 bits per heavy atom. The number of fused-ring (bicyclic) bond motifs is 5. The molecule has 3 aromatic rings. The smallest absolute Gasteiger partial charge is 0.195 e. The Hall–Kier alpha value is -1.72. The summed E-state index contributed by atoms with van der Waals surface area (Å²) in [5.74, 6) is 0.326. The van der Waals surface area contributed by atoms with Gasteiger partial charge in [-0.05, 0) is 18.6 Å². The molecule has 0 radical (unpaired) electrons. The first-order valence-electron chi connectivity index (χ1n) is 7.41.